The van der Waals surface area contributed by atoms with Gasteiger partial charge in [-0.2, -0.15) is 39.5 Å². The van der Waals surface area contributed by atoms with Crippen molar-refractivity contribution in [2.24, 2.45) is 0 Å². The van der Waals surface area contributed by atoms with E-state index in [2.05, 4.69) is 0 Å². The fourth-order valence-electron chi connectivity index (χ4n) is 2.02. The van der Waals surface area contributed by atoms with Gasteiger partial charge in [0.15, 0.2) is 0 Å². The van der Waals surface area contributed by atoms with E-state index >= 15 is 0 Å². The highest BCUT2D eigenvalue weighted by Crippen LogP contribution is 2.37. The van der Waals surface area contributed by atoms with Gasteiger partial charge in [0.05, 0.1) is 21.6 Å². The summed E-state index contributed by atoms with van der Waals surface area (Å²) < 4.78 is 140. The van der Waals surface area contributed by atoms with Crippen LogP contribution in [0.2, 0.25) is 0 Å². The molecule has 2 aromatic carbocycles. The van der Waals surface area contributed by atoms with Crippen molar-refractivity contribution in [1.29, 1.82) is 0 Å². The van der Waals surface area contributed by atoms with Crippen LogP contribution in [0.1, 0.15) is 16.7 Å². The highest BCUT2D eigenvalue weighted by atomic mass is 32.2. The first kappa shape index (κ1) is 21.9. The standard InChI is InChI=1S/C15H8F9NO2S/c16-13(17,18)8-1-3-11(4-2-8)25-28(26,27)12-6-9(14(19,20)21)5-10(7-12)15(22,23)24/h1-7,25H. The minimum atomic E-state index is -5.26. The van der Waals surface area contributed by atoms with Crippen LogP contribution in [-0.4, -0.2) is 8.42 Å². The zero-order valence-corrected chi connectivity index (χ0v) is 14.0. The summed E-state index contributed by atoms with van der Waals surface area (Å²) in [6, 6.07) is 2.04. The Morgan fingerprint density at radius 1 is 0.607 bits per heavy atom. The van der Waals surface area contributed by atoms with Crippen LogP contribution in [0.25, 0.3) is 0 Å². The van der Waals surface area contributed by atoms with Crippen LogP contribution in [0.3, 0.4) is 0 Å². The fraction of sp³-hybridized carbons (Fsp3) is 0.200. The maximum atomic E-state index is 12.8. The fourth-order valence-corrected chi connectivity index (χ4v) is 3.15. The summed E-state index contributed by atoms with van der Waals surface area (Å²) in [6.45, 7) is 0. The number of halogens is 9. The molecule has 28 heavy (non-hydrogen) atoms. The Hall–Kier alpha value is -2.44. The van der Waals surface area contributed by atoms with Crippen molar-refractivity contribution in [2.45, 2.75) is 23.4 Å². The SMILES string of the molecule is O=S(=O)(Nc1ccc(C(F)(F)F)cc1)c1cc(C(F)(F)F)cc(C(F)(F)F)c1. The molecule has 13 heteroatoms. The van der Waals surface area contributed by atoms with Crippen LogP contribution >= 0.6 is 0 Å². The molecule has 0 atom stereocenters. The highest BCUT2D eigenvalue weighted by molar-refractivity contribution is 7.92. The first-order valence-electron chi connectivity index (χ1n) is 7.00. The van der Waals surface area contributed by atoms with Crippen molar-refractivity contribution in [3.05, 3.63) is 59.2 Å². The number of nitrogens with one attached hydrogen (secondary N) is 1. The maximum Gasteiger partial charge on any atom is 0.416 e. The first-order valence-corrected chi connectivity index (χ1v) is 8.48. The molecule has 0 bridgehead atoms. The van der Waals surface area contributed by atoms with Gasteiger partial charge in [-0.05, 0) is 42.5 Å². The van der Waals surface area contributed by atoms with E-state index in [9.17, 15) is 47.9 Å². The van der Waals surface area contributed by atoms with Gasteiger partial charge >= 0.3 is 18.5 Å². The van der Waals surface area contributed by atoms with E-state index in [1.54, 1.807) is 4.72 Å². The molecule has 0 saturated heterocycles. The average Bonchev–Trinajstić information content (AvgIpc) is 2.52. The largest absolute Gasteiger partial charge is 0.416 e. The Bertz CT molecular complexity index is 927. The quantitative estimate of drug-likeness (QED) is 0.641. The summed E-state index contributed by atoms with van der Waals surface area (Å²) in [6.07, 6.45) is -15.3. The highest BCUT2D eigenvalue weighted by Gasteiger charge is 2.38. The molecule has 0 unspecified atom stereocenters. The molecule has 154 valence electrons. The summed E-state index contributed by atoms with van der Waals surface area (Å²) in [4.78, 5) is -1.35. The van der Waals surface area contributed by atoms with Crippen molar-refractivity contribution in [1.82, 2.24) is 0 Å². The molecular weight excluding hydrogens is 429 g/mol. The second-order valence-electron chi connectivity index (χ2n) is 5.42. The molecule has 2 rings (SSSR count). The zero-order chi connectivity index (χ0) is 21.5. The lowest BCUT2D eigenvalue weighted by molar-refractivity contribution is -0.143. The molecule has 3 nitrogen and oxygen atoms in total. The third-order valence-electron chi connectivity index (χ3n) is 3.34. The number of hydrogen-bond donors (Lipinski definition) is 1. The molecule has 0 aliphatic rings. The van der Waals surface area contributed by atoms with Crippen LogP contribution in [-0.2, 0) is 28.6 Å². The van der Waals surface area contributed by atoms with E-state index < -0.39 is 55.8 Å². The van der Waals surface area contributed by atoms with Gasteiger partial charge in [0.25, 0.3) is 10.0 Å². The van der Waals surface area contributed by atoms with Crippen molar-refractivity contribution in [3.63, 3.8) is 0 Å². The van der Waals surface area contributed by atoms with Gasteiger partial charge < -0.3 is 0 Å². The van der Waals surface area contributed by atoms with Gasteiger partial charge in [-0.3, -0.25) is 4.72 Å². The summed E-state index contributed by atoms with van der Waals surface area (Å²) in [7, 11) is -4.96. The maximum absolute atomic E-state index is 12.8. The predicted octanol–water partition coefficient (Wildman–Crippen LogP) is 5.54. The first-order chi connectivity index (χ1) is 12.5. The van der Waals surface area contributed by atoms with Gasteiger partial charge in [0.2, 0.25) is 0 Å². The lowest BCUT2D eigenvalue weighted by Crippen LogP contribution is -2.17. The van der Waals surface area contributed by atoms with Gasteiger partial charge in [0, 0.05) is 5.69 Å². The Morgan fingerprint density at radius 2 is 1.00 bits per heavy atom. The van der Waals surface area contributed by atoms with Gasteiger partial charge in [-0.15, -0.1) is 0 Å². The number of hydrogen-bond acceptors (Lipinski definition) is 2. The molecule has 0 spiro atoms. The van der Waals surface area contributed by atoms with Crippen LogP contribution < -0.4 is 4.72 Å². The Balaban J connectivity index is 2.47. The van der Waals surface area contributed by atoms with Gasteiger partial charge in [-0.25, -0.2) is 8.42 Å². The third-order valence-corrected chi connectivity index (χ3v) is 4.70. The molecule has 0 aromatic heterocycles. The minimum Gasteiger partial charge on any atom is -0.280 e. The number of alkyl halides is 9. The number of anilines is 1. The smallest absolute Gasteiger partial charge is 0.280 e. The van der Waals surface area contributed by atoms with E-state index in [4.69, 9.17) is 0 Å². The van der Waals surface area contributed by atoms with Gasteiger partial charge in [-0.1, -0.05) is 0 Å². The lowest BCUT2D eigenvalue weighted by atomic mass is 10.1. The molecule has 1 N–H and O–H groups in total. The Morgan fingerprint density at radius 3 is 1.36 bits per heavy atom. The van der Waals surface area contributed by atoms with E-state index in [0.29, 0.717) is 24.3 Å². The Labute approximate surface area is 151 Å². The summed E-state index contributed by atoms with van der Waals surface area (Å²) in [5.41, 5.74) is -5.32. The molecule has 0 aliphatic heterocycles. The number of benzene rings is 2. The molecule has 2 aromatic rings. The second kappa shape index (κ2) is 6.87. The normalized spacial score (nSPS) is 13.5. The molecule has 0 amide bonds. The molecule has 0 radical (unpaired) electrons. The van der Waals surface area contributed by atoms with Crippen molar-refractivity contribution < 1.29 is 47.9 Å². The average molecular weight is 437 g/mol. The molecule has 0 fully saturated rings. The Kier molecular flexibility index (Phi) is 5.36. The van der Waals surface area contributed by atoms with Crippen LogP contribution in [0.15, 0.2) is 47.4 Å². The van der Waals surface area contributed by atoms with Crippen LogP contribution in [0, 0.1) is 0 Å². The van der Waals surface area contributed by atoms with Crippen molar-refractivity contribution >= 4 is 15.7 Å². The topological polar surface area (TPSA) is 46.2 Å². The predicted molar refractivity (Wildman–Crippen MR) is 78.7 cm³/mol. The van der Waals surface area contributed by atoms with Crippen LogP contribution in [0.4, 0.5) is 45.2 Å². The van der Waals surface area contributed by atoms with Crippen LogP contribution in [0.5, 0.6) is 0 Å². The number of rotatable bonds is 3. The lowest BCUT2D eigenvalue weighted by Gasteiger charge is -2.15. The minimum absolute atomic E-state index is 0.0122. The molecule has 0 aliphatic carbocycles. The van der Waals surface area contributed by atoms with E-state index in [-0.39, 0.29) is 18.2 Å². The number of sulfonamides is 1. The summed E-state index contributed by atoms with van der Waals surface area (Å²) in [5, 5.41) is 0. The van der Waals surface area contributed by atoms with E-state index in [1.807, 2.05) is 0 Å². The monoisotopic (exact) mass is 437 g/mol. The van der Waals surface area contributed by atoms with Gasteiger partial charge in [0.1, 0.15) is 0 Å². The van der Waals surface area contributed by atoms with E-state index in [0.717, 1.165) is 0 Å². The van der Waals surface area contributed by atoms with Crippen molar-refractivity contribution in [3.8, 4) is 0 Å². The molecule has 0 heterocycles. The summed E-state index contributed by atoms with van der Waals surface area (Å²) >= 11 is 0. The van der Waals surface area contributed by atoms with E-state index in [1.165, 1.54) is 0 Å². The molecule has 0 saturated carbocycles. The third kappa shape index (κ3) is 5.09. The summed E-state index contributed by atoms with van der Waals surface area (Å²) in [5.74, 6) is 0. The second-order valence-corrected chi connectivity index (χ2v) is 7.10. The zero-order valence-electron chi connectivity index (χ0n) is 13.2. The molecular formula is C15H8F9NO2S. The van der Waals surface area contributed by atoms with Crippen molar-refractivity contribution in [2.75, 3.05) is 4.72 Å².